The summed E-state index contributed by atoms with van der Waals surface area (Å²) in [6.07, 6.45) is 3.83. The predicted molar refractivity (Wildman–Crippen MR) is 66.7 cm³/mol. The van der Waals surface area contributed by atoms with E-state index in [-0.39, 0.29) is 5.60 Å². The molecule has 0 N–H and O–H groups in total. The highest BCUT2D eigenvalue weighted by Crippen LogP contribution is 2.48. The van der Waals surface area contributed by atoms with Gasteiger partial charge in [0.15, 0.2) is 0 Å². The van der Waals surface area contributed by atoms with Gasteiger partial charge in [0.2, 0.25) is 0 Å². The zero-order chi connectivity index (χ0) is 11.7. The molecule has 0 amide bonds. The zero-order valence-corrected chi connectivity index (χ0v) is 10.4. The van der Waals surface area contributed by atoms with Crippen LogP contribution in [0.4, 0.5) is 0 Å². The lowest BCUT2D eigenvalue weighted by molar-refractivity contribution is -0.0878. The zero-order valence-electron chi connectivity index (χ0n) is 10.4. The Bertz CT molecular complexity index is 366. The molecule has 92 valence electrons. The van der Waals surface area contributed by atoms with Crippen LogP contribution in [-0.4, -0.2) is 18.3 Å². The van der Waals surface area contributed by atoms with E-state index in [9.17, 15) is 0 Å². The topological polar surface area (TPSA) is 18.5 Å². The van der Waals surface area contributed by atoms with Crippen molar-refractivity contribution in [2.75, 3.05) is 6.61 Å². The molecule has 1 aromatic carbocycles. The fourth-order valence-corrected chi connectivity index (χ4v) is 3.28. The first kappa shape index (κ1) is 11.2. The second kappa shape index (κ2) is 4.43. The van der Waals surface area contributed by atoms with Crippen molar-refractivity contribution in [2.24, 2.45) is 5.92 Å². The van der Waals surface area contributed by atoms with Crippen molar-refractivity contribution in [1.82, 2.24) is 0 Å². The number of hydrogen-bond donors (Lipinski definition) is 0. The average Bonchev–Trinajstić information content (AvgIpc) is 2.92. The van der Waals surface area contributed by atoms with Gasteiger partial charge >= 0.3 is 0 Å². The molecule has 2 fully saturated rings. The van der Waals surface area contributed by atoms with E-state index in [4.69, 9.17) is 9.47 Å². The van der Waals surface area contributed by atoms with Crippen molar-refractivity contribution < 1.29 is 9.47 Å². The lowest BCUT2D eigenvalue weighted by atomic mass is 9.96. The molecule has 0 radical (unpaired) electrons. The molecule has 1 aliphatic heterocycles. The summed E-state index contributed by atoms with van der Waals surface area (Å²) in [5.74, 6) is 0.624. The summed E-state index contributed by atoms with van der Waals surface area (Å²) in [6.45, 7) is 3.83. The third-order valence-electron chi connectivity index (χ3n) is 4.34. The van der Waals surface area contributed by atoms with E-state index in [1.165, 1.54) is 18.4 Å². The second-order valence-electron chi connectivity index (χ2n) is 5.25. The molecule has 1 aliphatic carbocycles. The van der Waals surface area contributed by atoms with Crippen molar-refractivity contribution in [3.05, 3.63) is 35.9 Å². The summed E-state index contributed by atoms with van der Waals surface area (Å²) in [5.41, 5.74) is 1.28. The largest absolute Gasteiger partial charge is 0.372 e. The summed E-state index contributed by atoms with van der Waals surface area (Å²) in [5, 5.41) is 0. The molecule has 0 unspecified atom stereocenters. The third-order valence-corrected chi connectivity index (χ3v) is 4.34. The molecule has 1 saturated heterocycles. The Labute approximate surface area is 103 Å². The number of rotatable bonds is 4. The Morgan fingerprint density at radius 1 is 1.35 bits per heavy atom. The van der Waals surface area contributed by atoms with Crippen LogP contribution < -0.4 is 0 Å². The molecule has 0 aromatic heterocycles. The summed E-state index contributed by atoms with van der Waals surface area (Å²) in [6, 6.07) is 10.4. The maximum absolute atomic E-state index is 6.15. The standard InChI is InChI=1S/C15H20O2/c1-2-15-9-8-13(11-17-15)14(15)16-10-12-6-4-3-5-7-12/h3-7,13-14H,2,8-11H2,1H3/t13-,14-,15-/m0/s1. The Morgan fingerprint density at radius 2 is 2.18 bits per heavy atom. The van der Waals surface area contributed by atoms with E-state index in [0.29, 0.717) is 18.6 Å². The Hall–Kier alpha value is -0.860. The van der Waals surface area contributed by atoms with Gasteiger partial charge in [-0.2, -0.15) is 0 Å². The van der Waals surface area contributed by atoms with Crippen molar-refractivity contribution in [3.63, 3.8) is 0 Å². The quantitative estimate of drug-likeness (QED) is 0.794. The van der Waals surface area contributed by atoms with Crippen LogP contribution in [0, 0.1) is 5.92 Å². The van der Waals surface area contributed by atoms with Gasteiger partial charge < -0.3 is 9.47 Å². The predicted octanol–water partition coefficient (Wildman–Crippen LogP) is 3.16. The minimum atomic E-state index is 0.0272. The highest BCUT2D eigenvalue weighted by molar-refractivity contribution is 5.14. The van der Waals surface area contributed by atoms with E-state index in [1.54, 1.807) is 0 Å². The minimum Gasteiger partial charge on any atom is -0.372 e. The molecule has 2 bridgehead atoms. The fraction of sp³-hybridized carbons (Fsp3) is 0.600. The lowest BCUT2D eigenvalue weighted by Gasteiger charge is -2.29. The summed E-state index contributed by atoms with van der Waals surface area (Å²) >= 11 is 0. The highest BCUT2D eigenvalue weighted by Gasteiger charge is 2.54. The number of ether oxygens (including phenoxy) is 2. The van der Waals surface area contributed by atoms with Gasteiger partial charge in [-0.1, -0.05) is 37.3 Å². The maximum atomic E-state index is 6.15. The minimum absolute atomic E-state index is 0.0272. The SMILES string of the molecule is CC[C@@]12CC[C@@H](CO1)[C@@H]2OCc1ccccc1. The molecule has 1 heterocycles. The van der Waals surface area contributed by atoms with E-state index >= 15 is 0 Å². The Kier molecular flexibility index (Phi) is 2.93. The number of hydrogen-bond acceptors (Lipinski definition) is 2. The van der Waals surface area contributed by atoms with E-state index in [0.717, 1.165) is 13.0 Å². The molecule has 17 heavy (non-hydrogen) atoms. The molecule has 2 heteroatoms. The van der Waals surface area contributed by atoms with Crippen LogP contribution in [0.25, 0.3) is 0 Å². The molecule has 1 saturated carbocycles. The van der Waals surface area contributed by atoms with Crippen LogP contribution in [0.2, 0.25) is 0 Å². The van der Waals surface area contributed by atoms with Crippen LogP contribution in [0.3, 0.4) is 0 Å². The Morgan fingerprint density at radius 3 is 2.82 bits per heavy atom. The van der Waals surface area contributed by atoms with Gasteiger partial charge in [-0.3, -0.25) is 0 Å². The Balaban J connectivity index is 1.66. The fourth-order valence-electron chi connectivity index (χ4n) is 3.28. The molecule has 3 atom stereocenters. The summed E-state index contributed by atoms with van der Waals surface area (Å²) < 4.78 is 12.1. The normalized spacial score (nSPS) is 35.4. The highest BCUT2D eigenvalue weighted by atomic mass is 16.6. The van der Waals surface area contributed by atoms with Gasteiger partial charge in [-0.15, -0.1) is 0 Å². The van der Waals surface area contributed by atoms with E-state index < -0.39 is 0 Å². The molecule has 0 spiro atoms. The van der Waals surface area contributed by atoms with Crippen LogP contribution >= 0.6 is 0 Å². The van der Waals surface area contributed by atoms with Crippen LogP contribution in [0.5, 0.6) is 0 Å². The lowest BCUT2D eigenvalue weighted by Crippen LogP contribution is -2.37. The molecule has 1 aromatic rings. The molecular weight excluding hydrogens is 212 g/mol. The van der Waals surface area contributed by atoms with Crippen LogP contribution in [0.1, 0.15) is 31.7 Å². The third kappa shape index (κ3) is 1.90. The smallest absolute Gasteiger partial charge is 0.0944 e. The van der Waals surface area contributed by atoms with Crippen molar-refractivity contribution >= 4 is 0 Å². The molecule has 3 rings (SSSR count). The van der Waals surface area contributed by atoms with Crippen molar-refractivity contribution in [1.29, 1.82) is 0 Å². The van der Waals surface area contributed by atoms with Gasteiger partial charge in [-0.25, -0.2) is 0 Å². The first-order valence-corrected chi connectivity index (χ1v) is 6.63. The first-order valence-electron chi connectivity index (χ1n) is 6.63. The first-order chi connectivity index (χ1) is 8.34. The average molecular weight is 232 g/mol. The summed E-state index contributed by atoms with van der Waals surface area (Å²) in [4.78, 5) is 0. The van der Waals surface area contributed by atoms with Gasteiger partial charge in [-0.05, 0) is 24.8 Å². The maximum Gasteiger partial charge on any atom is 0.0944 e. The monoisotopic (exact) mass is 232 g/mol. The van der Waals surface area contributed by atoms with Gasteiger partial charge in [0, 0.05) is 5.92 Å². The summed E-state index contributed by atoms with van der Waals surface area (Å²) in [7, 11) is 0. The van der Waals surface area contributed by atoms with E-state index in [2.05, 4.69) is 31.2 Å². The van der Waals surface area contributed by atoms with Gasteiger partial charge in [0.05, 0.1) is 24.9 Å². The van der Waals surface area contributed by atoms with E-state index in [1.807, 2.05) is 6.07 Å². The van der Waals surface area contributed by atoms with Crippen LogP contribution in [0.15, 0.2) is 30.3 Å². The number of benzene rings is 1. The van der Waals surface area contributed by atoms with Crippen molar-refractivity contribution in [2.45, 2.75) is 44.5 Å². The second-order valence-corrected chi connectivity index (χ2v) is 5.25. The van der Waals surface area contributed by atoms with Gasteiger partial charge in [0.25, 0.3) is 0 Å². The van der Waals surface area contributed by atoms with Crippen LogP contribution in [-0.2, 0) is 16.1 Å². The van der Waals surface area contributed by atoms with Crippen molar-refractivity contribution in [3.8, 4) is 0 Å². The van der Waals surface area contributed by atoms with Gasteiger partial charge in [0.1, 0.15) is 0 Å². The number of fused-ring (bicyclic) bond motifs is 2. The molecular formula is C15H20O2. The molecule has 2 nitrogen and oxygen atoms in total. The molecule has 2 aliphatic rings.